The van der Waals surface area contributed by atoms with Crippen LogP contribution < -0.4 is 45.9 Å². The van der Waals surface area contributed by atoms with Crippen LogP contribution in [0.1, 0.15) is 78.1 Å². The van der Waals surface area contributed by atoms with Crippen molar-refractivity contribution >= 4 is 0 Å². The maximum Gasteiger partial charge on any atom is 0.185 e. The summed E-state index contributed by atoms with van der Waals surface area (Å²) in [6.07, 6.45) is -7.53. The summed E-state index contributed by atoms with van der Waals surface area (Å²) in [7, 11) is 3.63. The van der Waals surface area contributed by atoms with Gasteiger partial charge in [0.25, 0.3) is 0 Å². The van der Waals surface area contributed by atoms with Gasteiger partial charge in [0.2, 0.25) is 0 Å². The van der Waals surface area contributed by atoms with Gasteiger partial charge in [-0.15, -0.1) is 0 Å². The fourth-order valence-electron chi connectivity index (χ4n) is 11.2. The summed E-state index contributed by atoms with van der Waals surface area (Å²) in [4.78, 5) is 3.76. The summed E-state index contributed by atoms with van der Waals surface area (Å²) in [6.45, 7) is 4.54. The highest BCUT2D eigenvalue weighted by molar-refractivity contribution is 5.04. The first-order valence-electron chi connectivity index (χ1n) is 24.8. The second kappa shape index (κ2) is 24.4. The monoisotopic (exact) mass is 981 g/mol. The van der Waals surface area contributed by atoms with E-state index in [1.54, 1.807) is 13.8 Å². The number of nitrogens with two attached hydrogens (primary N) is 8. The number of nitrogens with zero attached hydrogens (tertiary/aromatic N) is 2. The van der Waals surface area contributed by atoms with Crippen molar-refractivity contribution in [3.63, 3.8) is 0 Å². The molecule has 24 nitrogen and oxygen atoms in total. The van der Waals surface area contributed by atoms with Crippen molar-refractivity contribution in [2.45, 2.75) is 224 Å². The number of aliphatic hydroxyl groups is 6. The van der Waals surface area contributed by atoms with Crippen LogP contribution in [0.4, 0.5) is 0 Å². The molecule has 0 amide bonds. The average molecular weight is 981 g/mol. The average Bonchev–Trinajstić information content (AvgIpc) is 3.27. The van der Waals surface area contributed by atoms with Crippen LogP contribution in [-0.2, 0) is 37.9 Å². The lowest BCUT2D eigenvalue weighted by Gasteiger charge is -2.50. The molecule has 68 heavy (non-hydrogen) atoms. The Morgan fingerprint density at radius 3 is 1.13 bits per heavy atom. The number of unbranched alkanes of at least 4 members (excludes halogenated alkanes) is 3. The standard InChI is InChI=1S/C44H88N10O14/c1-43(59)19-61-41(67-35-27(51)15-25(49)33(29(35)55)65-39-23(47)11-9-21(17-45)63-39)31(57)37(43)53(3)13-7-5-6-8-14-54(4)38-32(58)42(62-20-44(38,2)60)68-36-28(52)16-26(50)34(30(36)56)66-40-24(48)12-10-22(18-46)64-40/h21-42,55-60H,5-20,45-52H2,1-4H3/t21-,22-,23+,24+,25-,26-,27+,28+,29-,30-,31+,32+,33?,34?,35?,36?,37+,38?,39?,40?,41?,42?,43-,44-/m0/s1. The molecule has 22 N–H and O–H groups in total. The molecule has 2 aliphatic carbocycles. The summed E-state index contributed by atoms with van der Waals surface area (Å²) >= 11 is 0. The van der Waals surface area contributed by atoms with Gasteiger partial charge in [0.05, 0.1) is 49.6 Å². The van der Waals surface area contributed by atoms with Crippen LogP contribution >= 0.6 is 0 Å². The third kappa shape index (κ3) is 13.2. The van der Waals surface area contributed by atoms with E-state index >= 15 is 0 Å². The molecular formula is C44H88N10O14. The lowest BCUT2D eigenvalue weighted by molar-refractivity contribution is -0.314. The van der Waals surface area contributed by atoms with Gasteiger partial charge in [-0.25, -0.2) is 0 Å². The highest BCUT2D eigenvalue weighted by Crippen LogP contribution is 2.35. The van der Waals surface area contributed by atoms with Crippen molar-refractivity contribution in [1.29, 1.82) is 0 Å². The van der Waals surface area contributed by atoms with Crippen molar-refractivity contribution in [2.24, 2.45) is 45.9 Å². The van der Waals surface area contributed by atoms with Crippen LogP contribution in [0.2, 0.25) is 0 Å². The minimum Gasteiger partial charge on any atom is -0.388 e. The Morgan fingerprint density at radius 1 is 0.485 bits per heavy atom. The van der Waals surface area contributed by atoms with Gasteiger partial charge >= 0.3 is 0 Å². The highest BCUT2D eigenvalue weighted by Gasteiger charge is 2.54. The fourth-order valence-corrected chi connectivity index (χ4v) is 11.2. The van der Waals surface area contributed by atoms with Gasteiger partial charge in [0.1, 0.15) is 60.0 Å². The Balaban J connectivity index is 0.965. The van der Waals surface area contributed by atoms with Crippen molar-refractivity contribution in [2.75, 3.05) is 53.5 Å². The van der Waals surface area contributed by atoms with E-state index in [1.807, 2.05) is 23.9 Å². The second-order valence-electron chi connectivity index (χ2n) is 21.0. The molecule has 24 atom stereocenters. The molecule has 6 aliphatic rings. The first-order chi connectivity index (χ1) is 32.1. The molecule has 2 saturated carbocycles. The molecule has 9 unspecified atom stereocenters. The van der Waals surface area contributed by atoms with Gasteiger partial charge in [0, 0.05) is 37.3 Å². The molecule has 398 valence electrons. The number of rotatable bonds is 19. The van der Waals surface area contributed by atoms with Gasteiger partial charge in [-0.3, -0.25) is 9.80 Å². The third-order valence-electron chi connectivity index (χ3n) is 15.1. The highest BCUT2D eigenvalue weighted by atomic mass is 16.7. The number of hydrogen-bond donors (Lipinski definition) is 14. The second-order valence-corrected chi connectivity index (χ2v) is 21.0. The first-order valence-corrected chi connectivity index (χ1v) is 24.8. The molecule has 0 radical (unpaired) electrons. The zero-order chi connectivity index (χ0) is 49.8. The van der Waals surface area contributed by atoms with E-state index in [4.69, 9.17) is 83.8 Å². The van der Waals surface area contributed by atoms with Gasteiger partial charge < -0.3 is 114 Å². The molecule has 0 aromatic carbocycles. The fraction of sp³-hybridized carbons (Fsp3) is 1.00. The number of likely N-dealkylation sites (N-methyl/N-ethyl adjacent to an activating group) is 2. The van der Waals surface area contributed by atoms with Gasteiger partial charge in [-0.1, -0.05) is 12.8 Å². The molecule has 6 fully saturated rings. The van der Waals surface area contributed by atoms with E-state index in [2.05, 4.69) is 0 Å². The number of ether oxygens (including phenoxy) is 8. The summed E-state index contributed by atoms with van der Waals surface area (Å²) in [5, 5.41) is 69.2. The predicted molar refractivity (Wildman–Crippen MR) is 247 cm³/mol. The van der Waals surface area contributed by atoms with E-state index in [0.717, 1.165) is 25.7 Å². The topological polar surface area (TPSA) is 410 Å². The Morgan fingerprint density at radius 2 is 0.809 bits per heavy atom. The lowest BCUT2D eigenvalue weighted by atomic mass is 9.84. The predicted octanol–water partition coefficient (Wildman–Crippen LogP) is -5.95. The van der Waals surface area contributed by atoms with Crippen molar-refractivity contribution in [3.8, 4) is 0 Å². The molecule has 0 aromatic heterocycles. The van der Waals surface area contributed by atoms with E-state index < -0.39 is 134 Å². The van der Waals surface area contributed by atoms with Gasteiger partial charge in [-0.05, 0) is 92.4 Å². The Bertz CT molecular complexity index is 1430. The summed E-state index contributed by atoms with van der Waals surface area (Å²) in [5.74, 6) is 0. The summed E-state index contributed by atoms with van der Waals surface area (Å²) < 4.78 is 48.3. The molecule has 4 aliphatic heterocycles. The van der Waals surface area contributed by atoms with Gasteiger partial charge in [-0.2, -0.15) is 0 Å². The third-order valence-corrected chi connectivity index (χ3v) is 15.1. The van der Waals surface area contributed by atoms with Crippen LogP contribution in [-0.4, -0.2) is 240 Å². The largest absolute Gasteiger partial charge is 0.388 e. The van der Waals surface area contributed by atoms with E-state index in [9.17, 15) is 30.6 Å². The number of aliphatic hydroxyl groups excluding tert-OH is 4. The zero-order valence-electron chi connectivity index (χ0n) is 40.5. The normalized spacial score (nSPS) is 48.5. The van der Waals surface area contributed by atoms with Crippen LogP contribution in [0, 0.1) is 0 Å². The number of hydrogen-bond acceptors (Lipinski definition) is 24. The molecule has 0 bridgehead atoms. The van der Waals surface area contributed by atoms with Crippen LogP contribution in [0.5, 0.6) is 0 Å². The van der Waals surface area contributed by atoms with Crippen molar-refractivity contribution in [1.82, 2.24) is 9.80 Å². The lowest BCUT2D eigenvalue weighted by Crippen LogP contribution is -2.69. The summed E-state index contributed by atoms with van der Waals surface area (Å²) in [5.41, 5.74) is 47.1. The molecule has 0 spiro atoms. The Labute approximate surface area is 400 Å². The molecule has 4 saturated heterocycles. The van der Waals surface area contributed by atoms with E-state index in [0.29, 0.717) is 51.9 Å². The quantitative estimate of drug-likeness (QED) is 0.0536. The molecule has 24 heteroatoms. The van der Waals surface area contributed by atoms with Gasteiger partial charge in [0.15, 0.2) is 25.2 Å². The maximum atomic E-state index is 11.7. The van der Waals surface area contributed by atoms with Crippen molar-refractivity contribution < 1.29 is 68.5 Å². The maximum absolute atomic E-state index is 11.7. The molecule has 0 aromatic rings. The SMILES string of the molecule is CN(CCCCCCN(C)[C@@H]1[C@@H](O)C(OC2[C@@H](O)C(OC3O[C@H](CN)CC[C@H]3N)[C@@H](N)C[C@H]2N)OC[C@]1(C)O)C1[C@@H](O)C(OC2[C@@H](O)C(OC3O[C@H](CN)CC[C@H]3N)[C@@H](N)C[C@H]2N)OC[C@]1(C)O. The van der Waals surface area contributed by atoms with E-state index in [-0.39, 0.29) is 38.3 Å². The molecule has 6 rings (SSSR count). The van der Waals surface area contributed by atoms with Crippen LogP contribution in [0.25, 0.3) is 0 Å². The van der Waals surface area contributed by atoms with Crippen molar-refractivity contribution in [3.05, 3.63) is 0 Å². The molecular weight excluding hydrogens is 893 g/mol. The Hall–Kier alpha value is -0.960. The Kier molecular flexibility index (Phi) is 20.2. The smallest absolute Gasteiger partial charge is 0.185 e. The van der Waals surface area contributed by atoms with E-state index in [1.165, 1.54) is 0 Å². The zero-order valence-corrected chi connectivity index (χ0v) is 40.5. The molecule has 4 heterocycles. The minimum absolute atomic E-state index is 0.148. The minimum atomic E-state index is -1.44. The first kappa shape index (κ1) is 56.3. The van der Waals surface area contributed by atoms with Crippen LogP contribution in [0.15, 0.2) is 0 Å². The van der Waals surface area contributed by atoms with Crippen LogP contribution in [0.3, 0.4) is 0 Å². The summed E-state index contributed by atoms with van der Waals surface area (Å²) in [6, 6.07) is -5.17.